The molecule has 0 aliphatic rings. The van der Waals surface area contributed by atoms with E-state index in [2.05, 4.69) is 10.0 Å². The van der Waals surface area contributed by atoms with Crippen molar-refractivity contribution in [2.24, 2.45) is 5.11 Å². The normalized spacial score (nSPS) is 13.4. The first-order chi connectivity index (χ1) is 9.19. The molecule has 19 heavy (non-hydrogen) atoms. The minimum absolute atomic E-state index is 0.154. The highest BCUT2D eigenvalue weighted by Crippen LogP contribution is 2.23. The standard InChI is InChI=1S/C13H19N3O3/c1-2-8-19-11-5-3-4-10(9-11)13(18)12(17)6-7-15-16-14/h3-5,9,12-13,17-18H,2,6-8H2,1H3. The van der Waals surface area contributed by atoms with E-state index >= 15 is 0 Å². The molecule has 0 radical (unpaired) electrons. The van der Waals surface area contributed by atoms with E-state index < -0.39 is 12.2 Å². The van der Waals surface area contributed by atoms with Gasteiger partial charge in [-0.2, -0.15) is 0 Å². The molecule has 0 spiro atoms. The van der Waals surface area contributed by atoms with Gasteiger partial charge in [0.2, 0.25) is 0 Å². The van der Waals surface area contributed by atoms with Crippen molar-refractivity contribution in [1.82, 2.24) is 0 Å². The molecule has 2 atom stereocenters. The highest BCUT2D eigenvalue weighted by atomic mass is 16.5. The molecule has 0 fully saturated rings. The second-order valence-corrected chi connectivity index (χ2v) is 4.18. The van der Waals surface area contributed by atoms with Crippen molar-refractivity contribution in [2.75, 3.05) is 13.2 Å². The number of azide groups is 1. The first kappa shape index (κ1) is 15.3. The Bertz CT molecular complexity index is 433. The molecular formula is C13H19N3O3. The fraction of sp³-hybridized carbons (Fsp3) is 0.538. The fourth-order valence-electron chi connectivity index (χ4n) is 1.62. The van der Waals surface area contributed by atoms with Crippen LogP contribution in [-0.4, -0.2) is 29.5 Å². The highest BCUT2D eigenvalue weighted by Gasteiger charge is 2.18. The van der Waals surface area contributed by atoms with Gasteiger partial charge in [0, 0.05) is 11.5 Å². The van der Waals surface area contributed by atoms with E-state index in [4.69, 9.17) is 10.3 Å². The van der Waals surface area contributed by atoms with Crippen LogP contribution in [0.5, 0.6) is 5.75 Å². The summed E-state index contributed by atoms with van der Waals surface area (Å²) in [6.07, 6.45) is -0.863. The predicted molar refractivity (Wildman–Crippen MR) is 71.8 cm³/mol. The largest absolute Gasteiger partial charge is 0.494 e. The molecule has 6 nitrogen and oxygen atoms in total. The van der Waals surface area contributed by atoms with E-state index in [0.29, 0.717) is 17.9 Å². The minimum Gasteiger partial charge on any atom is -0.494 e. The SMILES string of the molecule is CCCOc1cccc(C(O)C(O)CCN=[N+]=[N-])c1. The summed E-state index contributed by atoms with van der Waals surface area (Å²) >= 11 is 0. The molecule has 0 bridgehead atoms. The van der Waals surface area contributed by atoms with Gasteiger partial charge in [-0.1, -0.05) is 24.2 Å². The van der Waals surface area contributed by atoms with Crippen LogP contribution < -0.4 is 4.74 Å². The van der Waals surface area contributed by atoms with Crippen LogP contribution in [0.4, 0.5) is 0 Å². The highest BCUT2D eigenvalue weighted by molar-refractivity contribution is 5.30. The second kappa shape index (κ2) is 8.37. The zero-order valence-electron chi connectivity index (χ0n) is 10.9. The Morgan fingerprint density at radius 3 is 2.89 bits per heavy atom. The molecule has 0 amide bonds. The summed E-state index contributed by atoms with van der Waals surface area (Å²) in [7, 11) is 0. The number of rotatable bonds is 8. The quantitative estimate of drug-likeness (QED) is 0.429. The summed E-state index contributed by atoms with van der Waals surface area (Å²) in [5, 5.41) is 23.1. The zero-order chi connectivity index (χ0) is 14.1. The van der Waals surface area contributed by atoms with Gasteiger partial charge in [-0.15, -0.1) is 0 Å². The van der Waals surface area contributed by atoms with Crippen molar-refractivity contribution in [3.05, 3.63) is 40.3 Å². The molecule has 0 saturated heterocycles. The summed E-state index contributed by atoms with van der Waals surface area (Å²) in [6, 6.07) is 7.00. The summed E-state index contributed by atoms with van der Waals surface area (Å²) in [5.41, 5.74) is 8.74. The van der Waals surface area contributed by atoms with Crippen molar-refractivity contribution in [1.29, 1.82) is 0 Å². The smallest absolute Gasteiger partial charge is 0.119 e. The maximum Gasteiger partial charge on any atom is 0.119 e. The van der Waals surface area contributed by atoms with Gasteiger partial charge in [-0.3, -0.25) is 0 Å². The Balaban J connectivity index is 2.64. The molecule has 2 N–H and O–H groups in total. The van der Waals surface area contributed by atoms with Crippen molar-refractivity contribution in [3.8, 4) is 5.75 Å². The molecule has 0 saturated carbocycles. The van der Waals surface area contributed by atoms with Crippen molar-refractivity contribution in [2.45, 2.75) is 32.0 Å². The first-order valence-electron chi connectivity index (χ1n) is 6.28. The Labute approximate surface area is 112 Å². The molecular weight excluding hydrogens is 246 g/mol. The predicted octanol–water partition coefficient (Wildman–Crippen LogP) is 2.57. The Kier molecular flexibility index (Phi) is 6.74. The minimum atomic E-state index is -1.01. The first-order valence-corrected chi connectivity index (χ1v) is 6.28. The summed E-state index contributed by atoms with van der Waals surface area (Å²) in [6.45, 7) is 2.78. The fourth-order valence-corrected chi connectivity index (χ4v) is 1.62. The molecule has 0 aromatic heterocycles. The van der Waals surface area contributed by atoms with Crippen LogP contribution >= 0.6 is 0 Å². The van der Waals surface area contributed by atoms with Crippen LogP contribution in [0, 0.1) is 0 Å². The van der Waals surface area contributed by atoms with E-state index in [-0.39, 0.29) is 13.0 Å². The number of benzene rings is 1. The molecule has 1 aromatic carbocycles. The van der Waals surface area contributed by atoms with E-state index in [9.17, 15) is 10.2 Å². The maximum atomic E-state index is 10.00. The van der Waals surface area contributed by atoms with Crippen LogP contribution in [-0.2, 0) is 0 Å². The van der Waals surface area contributed by atoms with Crippen LogP contribution in [0.3, 0.4) is 0 Å². The Morgan fingerprint density at radius 1 is 1.42 bits per heavy atom. The van der Waals surface area contributed by atoms with Crippen molar-refractivity contribution >= 4 is 0 Å². The van der Waals surface area contributed by atoms with Gasteiger partial charge in [-0.05, 0) is 36.1 Å². The molecule has 0 aliphatic carbocycles. The maximum absolute atomic E-state index is 10.00. The molecule has 104 valence electrons. The molecule has 0 aliphatic heterocycles. The van der Waals surface area contributed by atoms with Gasteiger partial charge >= 0.3 is 0 Å². The third-order valence-corrected chi connectivity index (χ3v) is 2.63. The summed E-state index contributed by atoms with van der Waals surface area (Å²) in [5.74, 6) is 0.667. The number of aliphatic hydroxyl groups is 2. The Morgan fingerprint density at radius 2 is 2.21 bits per heavy atom. The Hall–Kier alpha value is -1.75. The molecule has 1 rings (SSSR count). The number of ether oxygens (including phenoxy) is 1. The van der Waals surface area contributed by atoms with Gasteiger partial charge in [0.15, 0.2) is 0 Å². The van der Waals surface area contributed by atoms with Crippen LogP contribution in [0.25, 0.3) is 10.4 Å². The molecule has 2 unspecified atom stereocenters. The lowest BCUT2D eigenvalue weighted by atomic mass is 10.0. The zero-order valence-corrected chi connectivity index (χ0v) is 10.9. The third kappa shape index (κ3) is 5.18. The van der Waals surface area contributed by atoms with Crippen LogP contribution in [0.15, 0.2) is 29.4 Å². The third-order valence-electron chi connectivity index (χ3n) is 2.63. The van der Waals surface area contributed by atoms with Crippen LogP contribution in [0.1, 0.15) is 31.4 Å². The topological polar surface area (TPSA) is 98.5 Å². The van der Waals surface area contributed by atoms with Crippen molar-refractivity contribution < 1.29 is 14.9 Å². The van der Waals surface area contributed by atoms with Gasteiger partial charge in [0.25, 0.3) is 0 Å². The number of hydrogen-bond donors (Lipinski definition) is 2. The molecule has 6 heteroatoms. The average Bonchev–Trinajstić information content (AvgIpc) is 2.44. The second-order valence-electron chi connectivity index (χ2n) is 4.18. The number of nitrogens with zero attached hydrogens (tertiary/aromatic N) is 3. The van der Waals surface area contributed by atoms with Gasteiger partial charge in [0.1, 0.15) is 11.9 Å². The lowest BCUT2D eigenvalue weighted by molar-refractivity contribution is 0.0149. The number of hydrogen-bond acceptors (Lipinski definition) is 4. The summed E-state index contributed by atoms with van der Waals surface area (Å²) < 4.78 is 5.46. The van der Waals surface area contributed by atoms with E-state index in [1.165, 1.54) is 0 Å². The molecule has 1 aromatic rings. The lowest BCUT2D eigenvalue weighted by Crippen LogP contribution is -2.19. The summed E-state index contributed by atoms with van der Waals surface area (Å²) in [4.78, 5) is 2.60. The van der Waals surface area contributed by atoms with E-state index in [0.717, 1.165) is 6.42 Å². The van der Waals surface area contributed by atoms with Gasteiger partial charge < -0.3 is 14.9 Å². The monoisotopic (exact) mass is 265 g/mol. The van der Waals surface area contributed by atoms with E-state index in [1.54, 1.807) is 24.3 Å². The molecule has 0 heterocycles. The van der Waals surface area contributed by atoms with Gasteiger partial charge in [-0.25, -0.2) is 0 Å². The lowest BCUT2D eigenvalue weighted by Gasteiger charge is -2.18. The van der Waals surface area contributed by atoms with Gasteiger partial charge in [0.05, 0.1) is 12.7 Å². The average molecular weight is 265 g/mol. The number of aliphatic hydroxyl groups excluding tert-OH is 2. The van der Waals surface area contributed by atoms with Crippen LogP contribution in [0.2, 0.25) is 0 Å². The van der Waals surface area contributed by atoms with Crippen molar-refractivity contribution in [3.63, 3.8) is 0 Å². The van der Waals surface area contributed by atoms with E-state index in [1.807, 2.05) is 6.92 Å².